The lowest BCUT2D eigenvalue weighted by Gasteiger charge is -2.28. The van der Waals surface area contributed by atoms with Crippen molar-refractivity contribution in [2.24, 2.45) is 0 Å². The Balaban J connectivity index is 2.13. The van der Waals surface area contributed by atoms with Crippen LogP contribution in [-0.2, 0) is 4.74 Å². The van der Waals surface area contributed by atoms with Gasteiger partial charge in [0.1, 0.15) is 0 Å². The van der Waals surface area contributed by atoms with Crippen LogP contribution in [0.4, 0.5) is 10.2 Å². The Bertz CT molecular complexity index is 397. The fraction of sp³-hybridized carbons (Fsp3) is 0.615. The molecule has 1 aromatic heterocycles. The molecule has 0 bridgehead atoms. The van der Waals surface area contributed by atoms with Gasteiger partial charge in [0.25, 0.3) is 0 Å². The molecule has 1 unspecified atom stereocenters. The predicted octanol–water partition coefficient (Wildman–Crippen LogP) is 3.33. The smallest absolute Gasteiger partial charge is 0.165 e. The molecule has 5 heteroatoms. The maximum absolute atomic E-state index is 14.1. The Labute approximate surface area is 121 Å². The summed E-state index contributed by atoms with van der Waals surface area (Å²) < 4.78 is 19.7. The number of hydrogen-bond donors (Lipinski definition) is 0. The van der Waals surface area contributed by atoms with Crippen molar-refractivity contribution in [3.8, 4) is 0 Å². The minimum atomic E-state index is -0.216. The standard InChI is InChI=1S/C13H18FIN2O/c1-2-3-12(15)10-8-11(14)13(16-9-10)17-4-6-18-7-5-17/h8-9,12H,2-7H2,1H3. The summed E-state index contributed by atoms with van der Waals surface area (Å²) in [4.78, 5) is 6.24. The maximum atomic E-state index is 14.1. The van der Waals surface area contributed by atoms with Crippen molar-refractivity contribution in [1.82, 2.24) is 4.98 Å². The fourth-order valence-electron chi connectivity index (χ4n) is 2.04. The van der Waals surface area contributed by atoms with Gasteiger partial charge in [-0.2, -0.15) is 0 Å². The molecule has 0 N–H and O–H groups in total. The van der Waals surface area contributed by atoms with E-state index in [1.807, 2.05) is 4.90 Å². The quantitative estimate of drug-likeness (QED) is 0.605. The van der Waals surface area contributed by atoms with E-state index in [0.717, 1.165) is 18.4 Å². The summed E-state index contributed by atoms with van der Waals surface area (Å²) in [5.41, 5.74) is 0.979. The molecule has 3 nitrogen and oxygen atoms in total. The summed E-state index contributed by atoms with van der Waals surface area (Å²) in [7, 11) is 0. The van der Waals surface area contributed by atoms with Gasteiger partial charge < -0.3 is 9.64 Å². The number of ether oxygens (including phenoxy) is 1. The van der Waals surface area contributed by atoms with Crippen molar-refractivity contribution in [3.63, 3.8) is 0 Å². The van der Waals surface area contributed by atoms with Gasteiger partial charge >= 0.3 is 0 Å². The van der Waals surface area contributed by atoms with Crippen LogP contribution in [0, 0.1) is 5.82 Å². The first-order valence-electron chi connectivity index (χ1n) is 6.34. The van der Waals surface area contributed by atoms with Crippen molar-refractivity contribution in [1.29, 1.82) is 0 Å². The van der Waals surface area contributed by atoms with E-state index in [1.54, 1.807) is 12.3 Å². The molecule has 1 atom stereocenters. The number of nitrogens with zero attached hydrogens (tertiary/aromatic N) is 2. The molecule has 2 rings (SSSR count). The molecule has 0 aliphatic carbocycles. The Morgan fingerprint density at radius 1 is 1.50 bits per heavy atom. The van der Waals surface area contributed by atoms with Crippen molar-refractivity contribution in [2.75, 3.05) is 31.2 Å². The van der Waals surface area contributed by atoms with E-state index in [9.17, 15) is 4.39 Å². The van der Waals surface area contributed by atoms with Gasteiger partial charge in [0.2, 0.25) is 0 Å². The molecule has 18 heavy (non-hydrogen) atoms. The zero-order chi connectivity index (χ0) is 13.0. The van der Waals surface area contributed by atoms with Crippen LogP contribution in [0.25, 0.3) is 0 Å². The zero-order valence-electron chi connectivity index (χ0n) is 10.5. The zero-order valence-corrected chi connectivity index (χ0v) is 12.7. The van der Waals surface area contributed by atoms with E-state index >= 15 is 0 Å². The van der Waals surface area contributed by atoms with Gasteiger partial charge in [-0.25, -0.2) is 9.37 Å². The van der Waals surface area contributed by atoms with Crippen molar-refractivity contribution in [3.05, 3.63) is 23.6 Å². The maximum Gasteiger partial charge on any atom is 0.165 e. The number of hydrogen-bond acceptors (Lipinski definition) is 3. The largest absolute Gasteiger partial charge is 0.378 e. The van der Waals surface area contributed by atoms with Crippen LogP contribution in [-0.4, -0.2) is 31.3 Å². The topological polar surface area (TPSA) is 25.4 Å². The number of pyridine rings is 1. The van der Waals surface area contributed by atoms with Crippen molar-refractivity contribution in [2.45, 2.75) is 23.7 Å². The van der Waals surface area contributed by atoms with Gasteiger partial charge in [-0.1, -0.05) is 35.9 Å². The Morgan fingerprint density at radius 2 is 2.22 bits per heavy atom. The predicted molar refractivity (Wildman–Crippen MR) is 78.9 cm³/mol. The summed E-state index contributed by atoms with van der Waals surface area (Å²) >= 11 is 2.35. The van der Waals surface area contributed by atoms with Crippen LogP contribution in [0.3, 0.4) is 0 Å². The van der Waals surface area contributed by atoms with Crippen LogP contribution in [0.5, 0.6) is 0 Å². The summed E-state index contributed by atoms with van der Waals surface area (Å²) in [6.07, 6.45) is 3.96. The summed E-state index contributed by atoms with van der Waals surface area (Å²) in [6.45, 7) is 4.86. The molecular weight excluding hydrogens is 346 g/mol. The van der Waals surface area contributed by atoms with Gasteiger partial charge in [0, 0.05) is 23.2 Å². The number of aromatic nitrogens is 1. The number of halogens is 2. The fourth-order valence-corrected chi connectivity index (χ4v) is 3.01. The van der Waals surface area contributed by atoms with Gasteiger partial charge in [-0.15, -0.1) is 0 Å². The third-order valence-electron chi connectivity index (χ3n) is 3.06. The van der Waals surface area contributed by atoms with Gasteiger partial charge in [0.15, 0.2) is 11.6 Å². The molecule has 100 valence electrons. The first-order chi connectivity index (χ1) is 8.72. The third kappa shape index (κ3) is 3.32. The van der Waals surface area contributed by atoms with Crippen molar-refractivity contribution >= 4 is 28.4 Å². The molecular formula is C13H18FIN2O. The highest BCUT2D eigenvalue weighted by atomic mass is 127. The number of rotatable bonds is 4. The van der Waals surface area contributed by atoms with E-state index in [1.165, 1.54) is 0 Å². The molecule has 1 fully saturated rings. The number of alkyl halides is 1. The Morgan fingerprint density at radius 3 is 2.83 bits per heavy atom. The Hall–Kier alpha value is -0.430. The molecule has 0 saturated carbocycles. The second kappa shape index (κ2) is 6.65. The lowest BCUT2D eigenvalue weighted by molar-refractivity contribution is 0.122. The molecule has 0 radical (unpaired) electrons. The number of anilines is 1. The molecule has 0 aromatic carbocycles. The van der Waals surface area contributed by atoms with Gasteiger partial charge in [-0.3, -0.25) is 0 Å². The Kier molecular flexibility index (Phi) is 5.17. The molecule has 0 spiro atoms. The lowest BCUT2D eigenvalue weighted by Crippen LogP contribution is -2.37. The third-order valence-corrected chi connectivity index (χ3v) is 4.40. The monoisotopic (exact) mass is 364 g/mol. The second-order valence-electron chi connectivity index (χ2n) is 4.43. The van der Waals surface area contributed by atoms with E-state index in [-0.39, 0.29) is 5.82 Å². The van der Waals surface area contributed by atoms with Crippen LogP contribution in [0.15, 0.2) is 12.3 Å². The minimum absolute atomic E-state index is 0.216. The molecule has 2 heterocycles. The minimum Gasteiger partial charge on any atom is -0.378 e. The van der Waals surface area contributed by atoms with Gasteiger partial charge in [-0.05, 0) is 18.1 Å². The molecule has 1 saturated heterocycles. The highest BCUT2D eigenvalue weighted by molar-refractivity contribution is 14.1. The normalized spacial score (nSPS) is 17.8. The molecule has 0 amide bonds. The second-order valence-corrected chi connectivity index (χ2v) is 5.93. The summed E-state index contributed by atoms with van der Waals surface area (Å²) in [5, 5.41) is 0. The molecule has 1 aromatic rings. The average molecular weight is 364 g/mol. The van der Waals surface area contributed by atoms with Crippen molar-refractivity contribution < 1.29 is 9.13 Å². The first kappa shape index (κ1) is 14.0. The van der Waals surface area contributed by atoms with E-state index in [0.29, 0.717) is 36.0 Å². The SMILES string of the molecule is CCCC(I)c1cnc(N2CCOCC2)c(F)c1. The van der Waals surface area contributed by atoms with Crippen LogP contribution in [0.1, 0.15) is 29.3 Å². The van der Waals surface area contributed by atoms with Crippen LogP contribution in [0.2, 0.25) is 0 Å². The van der Waals surface area contributed by atoms with E-state index in [4.69, 9.17) is 4.74 Å². The van der Waals surface area contributed by atoms with Crippen LogP contribution >= 0.6 is 22.6 Å². The lowest BCUT2D eigenvalue weighted by atomic mass is 10.1. The van der Waals surface area contributed by atoms with E-state index in [2.05, 4.69) is 34.5 Å². The molecule has 1 aliphatic rings. The first-order valence-corrected chi connectivity index (χ1v) is 7.59. The highest BCUT2D eigenvalue weighted by Gasteiger charge is 2.18. The summed E-state index contributed by atoms with van der Waals surface area (Å²) in [6, 6.07) is 1.63. The average Bonchev–Trinajstić information content (AvgIpc) is 2.40. The highest BCUT2D eigenvalue weighted by Crippen LogP contribution is 2.30. The van der Waals surface area contributed by atoms with Gasteiger partial charge in [0.05, 0.1) is 13.2 Å². The summed E-state index contributed by atoms with van der Waals surface area (Å²) in [5.74, 6) is 0.245. The van der Waals surface area contributed by atoms with E-state index < -0.39 is 0 Å². The molecule has 1 aliphatic heterocycles. The van der Waals surface area contributed by atoms with Crippen LogP contribution < -0.4 is 4.90 Å². The number of morpholine rings is 1.